The van der Waals surface area contributed by atoms with Gasteiger partial charge >= 0.3 is 0 Å². The summed E-state index contributed by atoms with van der Waals surface area (Å²) >= 11 is 1.69. The van der Waals surface area contributed by atoms with Crippen LogP contribution < -0.4 is 5.73 Å². The molecule has 1 aromatic heterocycles. The van der Waals surface area contributed by atoms with Gasteiger partial charge in [-0.3, -0.25) is 0 Å². The van der Waals surface area contributed by atoms with E-state index in [9.17, 15) is 4.39 Å². The van der Waals surface area contributed by atoms with E-state index in [4.69, 9.17) is 5.73 Å². The van der Waals surface area contributed by atoms with E-state index >= 15 is 0 Å². The summed E-state index contributed by atoms with van der Waals surface area (Å²) in [6, 6.07) is 9.46. The van der Waals surface area contributed by atoms with E-state index in [-0.39, 0.29) is 11.9 Å². The molecular formula is C15H16FNS. The number of thiophene rings is 1. The largest absolute Gasteiger partial charge is 0.323 e. The summed E-state index contributed by atoms with van der Waals surface area (Å²) in [7, 11) is 0. The lowest BCUT2D eigenvalue weighted by Crippen LogP contribution is -2.10. The fraction of sp³-hybridized carbons (Fsp3) is 0.333. The van der Waals surface area contributed by atoms with Crippen molar-refractivity contribution >= 4 is 11.3 Å². The molecule has 2 N–H and O–H groups in total. The van der Waals surface area contributed by atoms with Crippen molar-refractivity contribution in [3.8, 4) is 10.4 Å². The number of aryl methyl sites for hydroxylation is 1. The number of hydrogen-bond donors (Lipinski definition) is 1. The zero-order valence-electron chi connectivity index (χ0n) is 10.3. The topological polar surface area (TPSA) is 26.0 Å². The second-order valence-electron chi connectivity index (χ2n) is 5.08. The Labute approximate surface area is 110 Å². The van der Waals surface area contributed by atoms with Gasteiger partial charge in [0.05, 0.1) is 0 Å². The predicted octanol–water partition coefficient (Wildman–Crippen LogP) is 4.27. The van der Waals surface area contributed by atoms with Gasteiger partial charge in [-0.15, -0.1) is 11.3 Å². The first-order valence-corrected chi connectivity index (χ1v) is 7.08. The molecule has 1 aliphatic carbocycles. The summed E-state index contributed by atoms with van der Waals surface area (Å²) in [5.41, 5.74) is 8.09. The van der Waals surface area contributed by atoms with Gasteiger partial charge in [-0.05, 0) is 61.1 Å². The highest BCUT2D eigenvalue weighted by atomic mass is 32.1. The third-order valence-electron chi connectivity index (χ3n) is 3.41. The second kappa shape index (κ2) is 4.48. The highest BCUT2D eigenvalue weighted by molar-refractivity contribution is 7.15. The summed E-state index contributed by atoms with van der Waals surface area (Å²) in [5, 5.41) is 0. The maximum absolute atomic E-state index is 13.4. The molecule has 0 spiro atoms. The summed E-state index contributed by atoms with van der Waals surface area (Å²) in [5.74, 6) is 0.484. The van der Waals surface area contributed by atoms with Crippen LogP contribution in [0.15, 0.2) is 30.3 Å². The molecule has 1 unspecified atom stereocenters. The summed E-state index contributed by atoms with van der Waals surface area (Å²) in [6.07, 6.45) is 2.49. The molecule has 3 heteroatoms. The van der Waals surface area contributed by atoms with Crippen LogP contribution in [0.4, 0.5) is 4.39 Å². The van der Waals surface area contributed by atoms with Crippen molar-refractivity contribution in [1.29, 1.82) is 0 Å². The van der Waals surface area contributed by atoms with E-state index in [2.05, 4.69) is 12.1 Å². The average molecular weight is 261 g/mol. The Morgan fingerprint density at radius 2 is 2.06 bits per heavy atom. The molecule has 18 heavy (non-hydrogen) atoms. The predicted molar refractivity (Wildman–Crippen MR) is 74.1 cm³/mol. The van der Waals surface area contributed by atoms with Gasteiger partial charge in [0, 0.05) is 15.8 Å². The highest BCUT2D eigenvalue weighted by Crippen LogP contribution is 2.42. The number of nitrogens with two attached hydrogens (primary N) is 1. The van der Waals surface area contributed by atoms with Crippen molar-refractivity contribution in [3.63, 3.8) is 0 Å². The smallest absolute Gasteiger partial charge is 0.124 e. The van der Waals surface area contributed by atoms with Gasteiger partial charge in [-0.1, -0.05) is 6.07 Å². The van der Waals surface area contributed by atoms with E-state index in [0.717, 1.165) is 16.0 Å². The Bertz CT molecular complexity index is 551. The number of halogens is 1. The third-order valence-corrected chi connectivity index (χ3v) is 4.65. The molecule has 3 rings (SSSR count). The van der Waals surface area contributed by atoms with Crippen LogP contribution in [0.3, 0.4) is 0 Å². The molecular weight excluding hydrogens is 245 g/mol. The molecule has 0 aliphatic heterocycles. The Morgan fingerprint density at radius 1 is 1.28 bits per heavy atom. The molecule has 1 aliphatic rings. The van der Waals surface area contributed by atoms with Crippen molar-refractivity contribution in [1.82, 2.24) is 0 Å². The van der Waals surface area contributed by atoms with Crippen molar-refractivity contribution in [2.24, 2.45) is 11.7 Å². The van der Waals surface area contributed by atoms with Crippen LogP contribution in [0.2, 0.25) is 0 Å². The van der Waals surface area contributed by atoms with Gasteiger partial charge < -0.3 is 5.73 Å². The van der Waals surface area contributed by atoms with Crippen LogP contribution in [-0.2, 0) is 0 Å². The first-order valence-electron chi connectivity index (χ1n) is 6.26. The molecule has 1 atom stereocenters. The van der Waals surface area contributed by atoms with Gasteiger partial charge in [0.15, 0.2) is 0 Å². The molecule has 0 amide bonds. The van der Waals surface area contributed by atoms with Crippen LogP contribution in [-0.4, -0.2) is 0 Å². The number of rotatable bonds is 3. The SMILES string of the molecule is Cc1cc(F)cc(-c2ccc(C(N)C3CC3)s2)c1. The van der Waals surface area contributed by atoms with Crippen LogP contribution >= 0.6 is 11.3 Å². The van der Waals surface area contributed by atoms with Crippen LogP contribution in [0.5, 0.6) is 0 Å². The van der Waals surface area contributed by atoms with Crippen LogP contribution in [0.25, 0.3) is 10.4 Å². The molecule has 1 nitrogen and oxygen atoms in total. The normalized spacial score (nSPS) is 16.8. The van der Waals surface area contributed by atoms with E-state index in [1.54, 1.807) is 23.5 Å². The van der Waals surface area contributed by atoms with Gasteiger partial charge in [0.2, 0.25) is 0 Å². The molecule has 1 heterocycles. The number of hydrogen-bond acceptors (Lipinski definition) is 2. The summed E-state index contributed by atoms with van der Waals surface area (Å²) in [6.45, 7) is 1.91. The molecule has 1 fully saturated rings. The molecule has 2 aromatic rings. The third kappa shape index (κ3) is 2.33. The van der Waals surface area contributed by atoms with Crippen molar-refractivity contribution in [2.45, 2.75) is 25.8 Å². The standard InChI is InChI=1S/C15H16FNS/c1-9-6-11(8-12(16)7-9)13-4-5-14(18-13)15(17)10-2-3-10/h4-8,10,15H,2-3,17H2,1H3. The van der Waals surface area contributed by atoms with E-state index in [1.807, 2.05) is 13.0 Å². The first-order chi connectivity index (χ1) is 8.63. The molecule has 1 saturated carbocycles. The molecule has 0 radical (unpaired) electrons. The van der Waals surface area contributed by atoms with Crippen molar-refractivity contribution < 1.29 is 4.39 Å². The van der Waals surface area contributed by atoms with Gasteiger partial charge in [-0.2, -0.15) is 0 Å². The van der Waals surface area contributed by atoms with E-state index in [0.29, 0.717) is 5.92 Å². The first kappa shape index (κ1) is 11.9. The lowest BCUT2D eigenvalue weighted by Gasteiger charge is -2.06. The lowest BCUT2D eigenvalue weighted by atomic mass is 10.1. The maximum atomic E-state index is 13.4. The van der Waals surface area contributed by atoms with Gasteiger partial charge in [0.1, 0.15) is 5.82 Å². The number of benzene rings is 1. The fourth-order valence-electron chi connectivity index (χ4n) is 2.25. The van der Waals surface area contributed by atoms with E-state index < -0.39 is 0 Å². The highest BCUT2D eigenvalue weighted by Gasteiger charge is 2.30. The van der Waals surface area contributed by atoms with Gasteiger partial charge in [-0.25, -0.2) is 4.39 Å². The maximum Gasteiger partial charge on any atom is 0.124 e. The molecule has 94 valence electrons. The molecule has 1 aromatic carbocycles. The Morgan fingerprint density at radius 3 is 2.72 bits per heavy atom. The minimum atomic E-state index is -0.175. The van der Waals surface area contributed by atoms with Crippen molar-refractivity contribution in [3.05, 3.63) is 46.6 Å². The minimum Gasteiger partial charge on any atom is -0.323 e. The summed E-state index contributed by atoms with van der Waals surface area (Å²) in [4.78, 5) is 2.32. The monoisotopic (exact) mass is 261 g/mol. The van der Waals surface area contributed by atoms with Crippen molar-refractivity contribution in [2.75, 3.05) is 0 Å². The lowest BCUT2D eigenvalue weighted by molar-refractivity contribution is 0.627. The van der Waals surface area contributed by atoms with Gasteiger partial charge in [0.25, 0.3) is 0 Å². The van der Waals surface area contributed by atoms with Crippen LogP contribution in [0.1, 0.15) is 29.3 Å². The Kier molecular flexibility index (Phi) is 2.96. The molecule has 0 bridgehead atoms. The Hall–Kier alpha value is -1.19. The van der Waals surface area contributed by atoms with E-state index in [1.165, 1.54) is 17.7 Å². The summed E-state index contributed by atoms with van der Waals surface area (Å²) < 4.78 is 13.4. The molecule has 0 saturated heterocycles. The average Bonchev–Trinajstić information content (AvgIpc) is 3.04. The second-order valence-corrected chi connectivity index (χ2v) is 6.20. The zero-order chi connectivity index (χ0) is 12.7. The minimum absolute atomic E-state index is 0.165. The Balaban J connectivity index is 1.92. The zero-order valence-corrected chi connectivity index (χ0v) is 11.1. The quantitative estimate of drug-likeness (QED) is 0.877. The van der Waals surface area contributed by atoms with Crippen LogP contribution in [0, 0.1) is 18.7 Å². The fourth-order valence-corrected chi connectivity index (χ4v) is 3.34.